The van der Waals surface area contributed by atoms with Crippen molar-refractivity contribution in [1.29, 1.82) is 0 Å². The summed E-state index contributed by atoms with van der Waals surface area (Å²) < 4.78 is 2.05. The lowest BCUT2D eigenvalue weighted by atomic mass is 10.1. The van der Waals surface area contributed by atoms with Crippen LogP contribution in [0.2, 0.25) is 0 Å². The van der Waals surface area contributed by atoms with E-state index in [0.717, 1.165) is 49.7 Å². The highest BCUT2D eigenvalue weighted by Gasteiger charge is 2.18. The van der Waals surface area contributed by atoms with Gasteiger partial charge in [-0.2, -0.15) is 0 Å². The normalized spacial score (nSPS) is 16.8. The van der Waals surface area contributed by atoms with E-state index in [1.807, 2.05) is 24.3 Å². The van der Waals surface area contributed by atoms with Crippen LogP contribution in [0.25, 0.3) is 0 Å². The van der Waals surface area contributed by atoms with Crippen molar-refractivity contribution < 1.29 is 5.11 Å². The van der Waals surface area contributed by atoms with Gasteiger partial charge in [-0.1, -0.05) is 24.3 Å². The number of hydrogen-bond donors (Lipinski definition) is 2. The predicted molar refractivity (Wildman–Crippen MR) is 91.5 cm³/mol. The van der Waals surface area contributed by atoms with E-state index in [2.05, 4.69) is 44.2 Å². The van der Waals surface area contributed by atoms with E-state index in [1.165, 1.54) is 0 Å². The Morgan fingerprint density at radius 1 is 1.00 bits per heavy atom. The van der Waals surface area contributed by atoms with Gasteiger partial charge >= 0.3 is 0 Å². The zero-order valence-corrected chi connectivity index (χ0v) is 14.3. The number of nitrogens with zero attached hydrogens (tertiary/aromatic N) is 5. The maximum atomic E-state index is 9.13. The number of likely N-dealkylation sites (N-methyl/N-ethyl adjacent to an activating group) is 1. The van der Waals surface area contributed by atoms with Gasteiger partial charge < -0.3 is 14.6 Å². The van der Waals surface area contributed by atoms with Crippen LogP contribution in [0.4, 0.5) is 0 Å². The molecule has 2 heterocycles. The van der Waals surface area contributed by atoms with Crippen LogP contribution in [0.1, 0.15) is 17.0 Å². The van der Waals surface area contributed by atoms with Crippen molar-refractivity contribution in [2.24, 2.45) is 0 Å². The van der Waals surface area contributed by atoms with Crippen LogP contribution < -0.4 is 0 Å². The van der Waals surface area contributed by atoms with Gasteiger partial charge in [0.15, 0.2) is 5.16 Å². The maximum absolute atomic E-state index is 9.13. The fourth-order valence-electron chi connectivity index (χ4n) is 2.74. The van der Waals surface area contributed by atoms with Crippen LogP contribution in [0, 0.1) is 0 Å². The summed E-state index contributed by atoms with van der Waals surface area (Å²) in [5, 5.41) is 18.2. The summed E-state index contributed by atoms with van der Waals surface area (Å²) in [5.41, 5.74) is 2.07. The topological polar surface area (TPSA) is 57.4 Å². The van der Waals surface area contributed by atoms with E-state index >= 15 is 0 Å². The quantitative estimate of drug-likeness (QED) is 0.795. The van der Waals surface area contributed by atoms with Gasteiger partial charge in [-0.15, -0.1) is 22.8 Å². The summed E-state index contributed by atoms with van der Waals surface area (Å²) in [6.45, 7) is 5.85. The molecule has 1 aromatic heterocycles. The molecule has 2 aromatic rings. The minimum atomic E-state index is 0.0688. The van der Waals surface area contributed by atoms with E-state index in [0.29, 0.717) is 11.7 Å². The Morgan fingerprint density at radius 3 is 2.30 bits per heavy atom. The van der Waals surface area contributed by atoms with Crippen molar-refractivity contribution >= 4 is 12.6 Å². The lowest BCUT2D eigenvalue weighted by Gasteiger charge is -2.31. The van der Waals surface area contributed by atoms with Gasteiger partial charge in [-0.3, -0.25) is 4.90 Å². The molecule has 0 unspecified atom stereocenters. The first kappa shape index (κ1) is 16.4. The smallest absolute Gasteiger partial charge is 0.188 e. The molecule has 23 heavy (non-hydrogen) atoms. The highest BCUT2D eigenvalue weighted by Crippen LogP contribution is 2.14. The number of rotatable bonds is 5. The minimum Gasteiger partial charge on any atom is -0.392 e. The molecule has 1 fully saturated rings. The SMILES string of the molecule is CN1CCN(Cc2nnc(S)n2Cc2ccc(CO)cc2)CC1. The molecular formula is C16H23N5OS. The first-order valence-corrected chi connectivity index (χ1v) is 8.31. The van der Waals surface area contributed by atoms with E-state index in [9.17, 15) is 0 Å². The monoisotopic (exact) mass is 333 g/mol. The van der Waals surface area contributed by atoms with Gasteiger partial charge in [0.2, 0.25) is 0 Å². The van der Waals surface area contributed by atoms with E-state index in [-0.39, 0.29) is 6.61 Å². The first-order valence-electron chi connectivity index (χ1n) is 7.86. The van der Waals surface area contributed by atoms with Crippen molar-refractivity contribution in [3.63, 3.8) is 0 Å². The van der Waals surface area contributed by atoms with Gasteiger partial charge in [-0.25, -0.2) is 0 Å². The Kier molecular flexibility index (Phi) is 5.32. The van der Waals surface area contributed by atoms with E-state index in [1.54, 1.807) is 0 Å². The predicted octanol–water partition coefficient (Wildman–Crippen LogP) is 0.855. The molecule has 0 bridgehead atoms. The molecule has 0 saturated carbocycles. The molecule has 0 aliphatic carbocycles. The largest absolute Gasteiger partial charge is 0.392 e. The molecule has 1 saturated heterocycles. The number of hydrogen-bond acceptors (Lipinski definition) is 6. The number of aromatic nitrogens is 3. The van der Waals surface area contributed by atoms with Crippen molar-refractivity contribution in [2.45, 2.75) is 24.9 Å². The average molecular weight is 333 g/mol. The molecule has 6 nitrogen and oxygen atoms in total. The molecule has 0 radical (unpaired) electrons. The summed E-state index contributed by atoms with van der Waals surface area (Å²) in [6.07, 6.45) is 0. The summed E-state index contributed by atoms with van der Waals surface area (Å²) in [6, 6.07) is 7.94. The van der Waals surface area contributed by atoms with Gasteiger partial charge in [0.1, 0.15) is 5.82 Å². The molecule has 124 valence electrons. The summed E-state index contributed by atoms with van der Waals surface area (Å²) in [5.74, 6) is 0.950. The molecule has 0 spiro atoms. The van der Waals surface area contributed by atoms with Crippen LogP contribution in [-0.2, 0) is 19.7 Å². The van der Waals surface area contributed by atoms with E-state index < -0.39 is 0 Å². The second-order valence-corrected chi connectivity index (χ2v) is 6.46. The zero-order chi connectivity index (χ0) is 16.2. The minimum absolute atomic E-state index is 0.0688. The Balaban J connectivity index is 1.70. The maximum Gasteiger partial charge on any atom is 0.188 e. The first-order chi connectivity index (χ1) is 11.2. The molecule has 1 aliphatic heterocycles. The number of aliphatic hydroxyl groups excluding tert-OH is 1. The number of aliphatic hydroxyl groups is 1. The molecular weight excluding hydrogens is 310 g/mol. The third-order valence-corrected chi connectivity index (χ3v) is 4.65. The Labute approximate surface area is 142 Å². The lowest BCUT2D eigenvalue weighted by Crippen LogP contribution is -2.44. The third kappa shape index (κ3) is 4.11. The van der Waals surface area contributed by atoms with Crippen LogP contribution in [0.5, 0.6) is 0 Å². The third-order valence-electron chi connectivity index (χ3n) is 4.32. The molecule has 1 aromatic carbocycles. The number of piperazine rings is 1. The molecule has 1 N–H and O–H groups in total. The van der Waals surface area contributed by atoms with Crippen LogP contribution in [0.15, 0.2) is 29.4 Å². The summed E-state index contributed by atoms with van der Waals surface area (Å²) in [7, 11) is 2.15. The fourth-order valence-corrected chi connectivity index (χ4v) is 2.97. The number of benzene rings is 1. The van der Waals surface area contributed by atoms with Crippen LogP contribution in [-0.4, -0.2) is 62.9 Å². The highest BCUT2D eigenvalue weighted by molar-refractivity contribution is 7.80. The van der Waals surface area contributed by atoms with Crippen molar-refractivity contribution in [2.75, 3.05) is 33.2 Å². The molecule has 0 amide bonds. The van der Waals surface area contributed by atoms with Crippen LogP contribution in [0.3, 0.4) is 0 Å². The standard InChI is InChI=1S/C16H23N5OS/c1-19-6-8-20(9-7-19)11-15-17-18-16(23)21(15)10-13-2-4-14(12-22)5-3-13/h2-5,22H,6-12H2,1H3,(H,18,23). The van der Waals surface area contributed by atoms with Gasteiger partial charge in [0.25, 0.3) is 0 Å². The molecule has 1 aliphatic rings. The summed E-state index contributed by atoms with van der Waals surface area (Å²) in [4.78, 5) is 4.75. The van der Waals surface area contributed by atoms with Gasteiger partial charge in [-0.05, 0) is 18.2 Å². The molecule has 7 heteroatoms. The summed E-state index contributed by atoms with van der Waals surface area (Å²) >= 11 is 4.44. The van der Waals surface area contributed by atoms with Gasteiger partial charge in [0.05, 0.1) is 19.7 Å². The lowest BCUT2D eigenvalue weighted by molar-refractivity contribution is 0.144. The fraction of sp³-hybridized carbons (Fsp3) is 0.500. The second kappa shape index (κ2) is 7.44. The van der Waals surface area contributed by atoms with Crippen molar-refractivity contribution in [3.8, 4) is 0 Å². The Hall–Kier alpha value is -1.41. The average Bonchev–Trinajstić information content (AvgIpc) is 2.91. The van der Waals surface area contributed by atoms with Crippen LogP contribution >= 0.6 is 12.6 Å². The van der Waals surface area contributed by atoms with E-state index in [4.69, 9.17) is 5.11 Å². The van der Waals surface area contributed by atoms with Crippen molar-refractivity contribution in [3.05, 3.63) is 41.2 Å². The second-order valence-electron chi connectivity index (χ2n) is 6.06. The Bertz CT molecular complexity index is 634. The zero-order valence-electron chi connectivity index (χ0n) is 13.4. The molecule has 0 atom stereocenters. The highest BCUT2D eigenvalue weighted by atomic mass is 32.1. The number of thiol groups is 1. The van der Waals surface area contributed by atoms with Crippen molar-refractivity contribution in [1.82, 2.24) is 24.6 Å². The molecule has 3 rings (SSSR count). The van der Waals surface area contributed by atoms with Gasteiger partial charge in [0, 0.05) is 26.2 Å². The Morgan fingerprint density at radius 2 is 1.65 bits per heavy atom.